The Hall–Kier alpha value is -9.45. The van der Waals surface area contributed by atoms with Crippen LogP contribution in [0, 0.1) is 18.8 Å². The molecule has 6 amide bonds. The van der Waals surface area contributed by atoms with Crippen molar-refractivity contribution in [2.24, 2.45) is 11.8 Å². The second kappa shape index (κ2) is 39.4. The molecule has 15 rings (SSSR count). The molecule has 0 bridgehead atoms. The quantitative estimate of drug-likeness (QED) is 0.0193. The van der Waals surface area contributed by atoms with Crippen LogP contribution in [0.4, 0.5) is 0 Å². The van der Waals surface area contributed by atoms with Crippen LogP contribution in [0.15, 0.2) is 196 Å². The van der Waals surface area contributed by atoms with E-state index in [1.54, 1.807) is 43.2 Å². The molecule has 4 unspecified atom stereocenters. The third-order valence-corrected chi connectivity index (χ3v) is 26.6. The number of likely N-dealkylation sites (N-methyl/N-ethyl adjacent to an activating group) is 1. The normalized spacial score (nSPS) is 16.8. The summed E-state index contributed by atoms with van der Waals surface area (Å²) in [5.41, 5.74) is 8.24. The first-order chi connectivity index (χ1) is 56.1. The van der Waals surface area contributed by atoms with Crippen LogP contribution >= 0.6 is 86.4 Å². The molecule has 117 heavy (non-hydrogen) atoms. The number of hydrogen-bond donors (Lipinski definition) is 2. The number of nitrogens with zero attached hydrogens (tertiary/aromatic N) is 11. The van der Waals surface area contributed by atoms with Crippen LogP contribution in [-0.2, 0) is 85.4 Å². The molecule has 6 aromatic heterocycles. The molecule has 1 aliphatic carbocycles. The zero-order chi connectivity index (χ0) is 83.5. The van der Waals surface area contributed by atoms with Crippen molar-refractivity contribution in [3.05, 3.63) is 233 Å². The van der Waals surface area contributed by atoms with Gasteiger partial charge >= 0.3 is 0 Å². The van der Waals surface area contributed by atoms with Crippen LogP contribution in [0.5, 0.6) is 0 Å². The Bertz CT molecular complexity index is 5460. The number of aryl methyl sites for hydroxylation is 5. The molecule has 0 saturated carbocycles. The number of allylic oxidation sites excluding steroid dienone is 1. The molecule has 0 radical (unpaired) electrons. The van der Waals surface area contributed by atoms with Crippen molar-refractivity contribution >= 4 is 183 Å². The molecule has 22 nitrogen and oxygen atoms in total. The number of ketones is 3. The number of hydrogen-bond acceptors (Lipinski definition) is 14. The lowest BCUT2D eigenvalue weighted by atomic mass is 9.85. The molecule has 4 aromatic carbocycles. The molecule has 28 heteroatoms. The van der Waals surface area contributed by atoms with Gasteiger partial charge < -0.3 is 53.4 Å². The molecular formula is C89H97Br4N13O9S2. The number of carbonyl (C=O) groups excluding carboxylic acids is 9. The van der Waals surface area contributed by atoms with Crippen molar-refractivity contribution in [2.45, 2.75) is 142 Å². The standard InChI is InChI=1S/C28H31BrN4O2S.C25H27BrN4O3S.C18H20BrN3O2.C18H19BrN2O2/c1-3-18(2)32-14-20(15-32)30-27(35)17-33-16-22(21-13-19(29)11-12-24(21)33)25(34)8-6-10-28-31-23-7-4-5-9-26(23)36-28;1-3-24(32)30-11-17(12-30)9-19(31)13-29-14-21(20-10-18(26)6-7-22(20)29)25(33)27-8-4-5-23-28-16(2)15-34-23;1-4-17(23)22-10-16(12(22)2)20(3)18(24)11-21-8-7-13-9-14(19)5-6-15(13)21;1-3-18(23)21-10-14(12(21)2)9-16(22)11-20-7-6-13-8-15(19)4-5-17(13)20/h3,11-13,16,20H,1-2,4-10,14-15,17H2,(H,30,35);3,6-7,10,14-15,17H,1,4-5,8-9,11-13H2,2H3,(H,27,33);4-9,12,16H,1,10-11H2,2-3H3;3-8,12,14H,1,9-11H2,2H3. The number of nitrogens with one attached hydrogen (secondary N) is 2. The van der Waals surface area contributed by atoms with Gasteiger partial charge in [0.15, 0.2) is 17.3 Å². The van der Waals surface area contributed by atoms with E-state index in [-0.39, 0.29) is 102 Å². The van der Waals surface area contributed by atoms with Crippen LogP contribution in [0.25, 0.3) is 43.6 Å². The Morgan fingerprint density at radius 1 is 0.581 bits per heavy atom. The molecule has 5 aliphatic rings. The number of halogens is 4. The number of benzene rings is 4. The maximum atomic E-state index is 13.2. The lowest BCUT2D eigenvalue weighted by Gasteiger charge is -2.49. The van der Waals surface area contributed by atoms with Crippen LogP contribution in [-0.4, -0.2) is 183 Å². The summed E-state index contributed by atoms with van der Waals surface area (Å²) < 4.78 is 11.5. The molecule has 612 valence electrons. The second-order valence-corrected chi connectivity index (χ2v) is 36.3. The zero-order valence-corrected chi connectivity index (χ0v) is 74.2. The third-order valence-electron chi connectivity index (χ3n) is 22.4. The third kappa shape index (κ3) is 21.4. The fourth-order valence-electron chi connectivity index (χ4n) is 15.6. The summed E-state index contributed by atoms with van der Waals surface area (Å²) in [4.78, 5) is 131. The van der Waals surface area contributed by atoms with Crippen LogP contribution in [0.3, 0.4) is 0 Å². The highest BCUT2D eigenvalue weighted by molar-refractivity contribution is 9.11. The maximum Gasteiger partial charge on any atom is 0.253 e. The molecule has 4 aliphatic heterocycles. The van der Waals surface area contributed by atoms with E-state index >= 15 is 0 Å². The number of thiazole rings is 2. The van der Waals surface area contributed by atoms with Gasteiger partial charge in [-0.25, -0.2) is 9.97 Å². The minimum atomic E-state index is -0.151. The fourth-order valence-corrected chi connectivity index (χ4v) is 19.1. The molecule has 2 N–H and O–H groups in total. The molecule has 4 fully saturated rings. The smallest absolute Gasteiger partial charge is 0.253 e. The minimum absolute atomic E-state index is 0.0156. The highest BCUT2D eigenvalue weighted by Gasteiger charge is 2.42. The van der Waals surface area contributed by atoms with E-state index in [0.29, 0.717) is 76.2 Å². The average Bonchev–Trinajstić information content (AvgIpc) is 1.69. The van der Waals surface area contributed by atoms with Gasteiger partial charge in [0.05, 0.1) is 52.5 Å². The summed E-state index contributed by atoms with van der Waals surface area (Å²) in [6, 6.07) is 28.0. The summed E-state index contributed by atoms with van der Waals surface area (Å²) in [6.45, 7) is 29.6. The average molecular weight is 1880 g/mol. The van der Waals surface area contributed by atoms with E-state index in [4.69, 9.17) is 4.98 Å². The van der Waals surface area contributed by atoms with E-state index in [9.17, 15) is 43.2 Å². The fraction of sp³-hybridized carbons (Fsp3) is 0.360. The van der Waals surface area contributed by atoms with Crippen molar-refractivity contribution in [2.75, 3.05) is 52.9 Å². The number of fused-ring (bicyclic) bond motifs is 5. The van der Waals surface area contributed by atoms with Gasteiger partial charge in [0.25, 0.3) is 5.91 Å². The Morgan fingerprint density at radius 3 is 1.73 bits per heavy atom. The molecule has 10 heterocycles. The summed E-state index contributed by atoms with van der Waals surface area (Å²) in [7, 11) is 1.81. The van der Waals surface area contributed by atoms with Crippen LogP contribution in [0.2, 0.25) is 0 Å². The first-order valence-corrected chi connectivity index (χ1v) is 44.2. The highest BCUT2D eigenvalue weighted by Crippen LogP contribution is 2.34. The predicted molar refractivity (Wildman–Crippen MR) is 477 cm³/mol. The van der Waals surface area contributed by atoms with Gasteiger partial charge in [0.1, 0.15) is 13.1 Å². The second-order valence-electron chi connectivity index (χ2n) is 30.5. The molecule has 4 atom stereocenters. The van der Waals surface area contributed by atoms with Crippen LogP contribution < -0.4 is 10.6 Å². The topological polar surface area (TPSA) is 239 Å². The molecule has 10 aromatic rings. The molecule has 4 saturated heterocycles. The van der Waals surface area contributed by atoms with E-state index in [1.807, 2.05) is 166 Å². The van der Waals surface area contributed by atoms with Gasteiger partial charge in [-0.2, -0.15) is 0 Å². The van der Waals surface area contributed by atoms with Gasteiger partial charge in [-0.3, -0.25) is 43.2 Å². The number of carbonyl (C=O) groups is 9. The first-order valence-electron chi connectivity index (χ1n) is 39.3. The summed E-state index contributed by atoms with van der Waals surface area (Å²) in [6.07, 6.45) is 22.6. The van der Waals surface area contributed by atoms with Crippen molar-refractivity contribution in [1.82, 2.24) is 63.4 Å². The van der Waals surface area contributed by atoms with Crippen molar-refractivity contribution < 1.29 is 43.2 Å². The number of aromatic nitrogens is 6. The van der Waals surface area contributed by atoms with Crippen LogP contribution in [0.1, 0.15) is 106 Å². The minimum Gasteiger partial charge on any atom is -0.368 e. The van der Waals surface area contributed by atoms with Crippen molar-refractivity contribution in [1.29, 1.82) is 0 Å². The van der Waals surface area contributed by atoms with Gasteiger partial charge in [-0.15, -0.1) is 22.7 Å². The van der Waals surface area contributed by atoms with E-state index < -0.39 is 0 Å². The number of likely N-dealkylation sites (tertiary alicyclic amines) is 4. The lowest BCUT2D eigenvalue weighted by Crippen LogP contribution is -2.67. The van der Waals surface area contributed by atoms with E-state index in [1.165, 1.54) is 41.6 Å². The molecule has 0 spiro atoms. The Balaban J connectivity index is 0.000000146. The van der Waals surface area contributed by atoms with Gasteiger partial charge in [-0.1, -0.05) is 96.6 Å². The summed E-state index contributed by atoms with van der Waals surface area (Å²) in [5, 5.41) is 14.3. The van der Waals surface area contributed by atoms with Gasteiger partial charge in [0.2, 0.25) is 29.5 Å². The Kier molecular flexibility index (Phi) is 29.3. The van der Waals surface area contributed by atoms with Gasteiger partial charge in [0, 0.05) is 210 Å². The predicted octanol–water partition coefficient (Wildman–Crippen LogP) is 15.6. The summed E-state index contributed by atoms with van der Waals surface area (Å²) >= 11 is 17.4. The van der Waals surface area contributed by atoms with E-state index in [2.05, 4.69) is 117 Å². The number of amides is 6. The van der Waals surface area contributed by atoms with Gasteiger partial charge in [-0.05, 0) is 175 Å². The lowest BCUT2D eigenvalue weighted by molar-refractivity contribution is -0.148. The largest absolute Gasteiger partial charge is 0.368 e. The Morgan fingerprint density at radius 2 is 1.14 bits per heavy atom. The number of rotatable bonds is 29. The van der Waals surface area contributed by atoms with E-state index in [0.717, 1.165) is 135 Å². The summed E-state index contributed by atoms with van der Waals surface area (Å²) in [5.74, 6) is 0.424. The Labute approximate surface area is 723 Å². The maximum absolute atomic E-state index is 13.2. The molecular weight excluding hydrogens is 1780 g/mol. The number of Topliss-reactive ketones (excluding diaryl/α,β-unsaturated/α-hetero) is 3. The zero-order valence-electron chi connectivity index (χ0n) is 66.3. The van der Waals surface area contributed by atoms with Crippen molar-refractivity contribution in [3.8, 4) is 0 Å². The SMILES string of the molecule is C=CC(=C)N1CC(NC(=O)Cn2cc(C(=O)CCCc3nc4c(s3)CCCC4)c3cc(Br)ccc32)C1.C=CC(=O)N1CC(CC(=O)Cn2cc(C(=O)NCCCc3nc(C)cs3)c3cc(Br)ccc32)C1.C=CC(=O)N1CC(CC(=O)Cn2ccc3cc(Br)ccc32)C1C.C=CC(=O)N1CC(N(C)C(=O)Cn2ccc3cc(Br)ccc32)C1C. The van der Waals surface area contributed by atoms with Crippen molar-refractivity contribution in [3.63, 3.8) is 0 Å². The monoisotopic (exact) mass is 1870 g/mol. The first kappa shape index (κ1) is 86.9. The highest BCUT2D eigenvalue weighted by atomic mass is 79.9.